The summed E-state index contributed by atoms with van der Waals surface area (Å²) in [6.07, 6.45) is -4.69. The third kappa shape index (κ3) is 3.99. The number of nitrogens with two attached hydrogens (primary N) is 2. The zero-order valence-electron chi connectivity index (χ0n) is 16.7. The lowest BCUT2D eigenvalue weighted by Gasteiger charge is -2.36. The van der Waals surface area contributed by atoms with Crippen molar-refractivity contribution in [2.75, 3.05) is 6.54 Å². The first-order valence-corrected chi connectivity index (χ1v) is 9.96. The smallest absolute Gasteiger partial charge is 0.365 e. The fourth-order valence-corrected chi connectivity index (χ4v) is 4.19. The molecule has 172 valence electrons. The van der Waals surface area contributed by atoms with Gasteiger partial charge in [-0.05, 0) is 35.9 Å². The van der Waals surface area contributed by atoms with Gasteiger partial charge in [0.15, 0.2) is 0 Å². The Kier molecular flexibility index (Phi) is 5.52. The fraction of sp³-hybridized carbons (Fsp3) is 0.190. The lowest BCUT2D eigenvalue weighted by atomic mass is 9.93. The number of primary amides is 2. The van der Waals surface area contributed by atoms with Crippen molar-refractivity contribution in [2.24, 2.45) is 11.5 Å². The number of alkyl halides is 3. The molecule has 1 unspecified atom stereocenters. The standard InChI is InChI=1S/C21H16ClF4N5O2/c22-14-5-4-11(21(24,25)26)9-13(14)17-18-15(19(27)32)16(10-2-1-3-12(23)8-10)29-31(18)7-6-30(17)20(28)33/h1-5,8-9,17H,6-7H2,(H2,27,32)(H2,28,33). The summed E-state index contributed by atoms with van der Waals surface area (Å²) in [6.45, 7) is 0.0446. The number of halogens is 5. The van der Waals surface area contributed by atoms with Crippen LogP contribution in [0.2, 0.25) is 5.02 Å². The molecule has 4 rings (SSSR count). The topological polar surface area (TPSA) is 107 Å². The summed E-state index contributed by atoms with van der Waals surface area (Å²) in [5.41, 5.74) is 10.1. The van der Waals surface area contributed by atoms with E-state index in [0.717, 1.165) is 29.2 Å². The quantitative estimate of drug-likeness (QED) is 0.553. The van der Waals surface area contributed by atoms with Crippen molar-refractivity contribution in [3.8, 4) is 11.3 Å². The van der Waals surface area contributed by atoms with Gasteiger partial charge in [0.2, 0.25) is 0 Å². The zero-order chi connectivity index (χ0) is 24.1. The molecule has 0 bridgehead atoms. The van der Waals surface area contributed by atoms with Crippen LogP contribution in [0.4, 0.5) is 22.4 Å². The minimum Gasteiger partial charge on any atom is -0.365 e. The summed E-state index contributed by atoms with van der Waals surface area (Å²) in [6, 6.07) is 5.65. The van der Waals surface area contributed by atoms with Gasteiger partial charge >= 0.3 is 12.2 Å². The molecular formula is C21H16ClF4N5O2. The maximum atomic E-state index is 13.8. The molecular weight excluding hydrogens is 466 g/mol. The highest BCUT2D eigenvalue weighted by Crippen LogP contribution is 2.42. The minimum atomic E-state index is -4.69. The molecule has 2 heterocycles. The van der Waals surface area contributed by atoms with Gasteiger partial charge in [-0.1, -0.05) is 23.7 Å². The van der Waals surface area contributed by atoms with Crippen molar-refractivity contribution in [3.05, 3.63) is 75.7 Å². The SMILES string of the molecule is NC(=O)c1c(-c2cccc(F)c2)nn2c1C(c1cc(C(F)(F)F)ccc1Cl)N(C(N)=O)CC2. The fourth-order valence-electron chi connectivity index (χ4n) is 3.97. The van der Waals surface area contributed by atoms with E-state index in [1.807, 2.05) is 0 Å². The van der Waals surface area contributed by atoms with Crippen LogP contribution in [-0.2, 0) is 12.7 Å². The molecule has 3 aromatic rings. The first-order valence-electron chi connectivity index (χ1n) is 9.58. The molecule has 4 N–H and O–H groups in total. The maximum Gasteiger partial charge on any atom is 0.416 e. The first-order chi connectivity index (χ1) is 15.5. The highest BCUT2D eigenvalue weighted by atomic mass is 35.5. The summed E-state index contributed by atoms with van der Waals surface area (Å²) >= 11 is 6.25. The van der Waals surface area contributed by atoms with E-state index in [4.69, 9.17) is 23.1 Å². The van der Waals surface area contributed by atoms with E-state index in [1.165, 1.54) is 22.9 Å². The molecule has 0 radical (unpaired) electrons. The van der Waals surface area contributed by atoms with E-state index in [2.05, 4.69) is 5.10 Å². The molecule has 0 spiro atoms. The van der Waals surface area contributed by atoms with Gasteiger partial charge in [-0.25, -0.2) is 9.18 Å². The van der Waals surface area contributed by atoms with Crippen molar-refractivity contribution >= 4 is 23.5 Å². The number of hydrogen-bond acceptors (Lipinski definition) is 3. The predicted octanol–water partition coefficient (Wildman–Crippen LogP) is 3.94. The number of urea groups is 1. The minimum absolute atomic E-state index is 0.0245. The second-order valence-corrected chi connectivity index (χ2v) is 7.78. The summed E-state index contributed by atoms with van der Waals surface area (Å²) in [4.78, 5) is 25.8. The van der Waals surface area contributed by atoms with Crippen molar-refractivity contribution in [2.45, 2.75) is 18.8 Å². The Labute approximate surface area is 189 Å². The van der Waals surface area contributed by atoms with Gasteiger partial charge in [-0.15, -0.1) is 0 Å². The molecule has 0 fully saturated rings. The van der Waals surface area contributed by atoms with Gasteiger partial charge in [0, 0.05) is 17.1 Å². The average molecular weight is 482 g/mol. The molecule has 33 heavy (non-hydrogen) atoms. The van der Waals surface area contributed by atoms with Crippen molar-refractivity contribution in [3.63, 3.8) is 0 Å². The maximum absolute atomic E-state index is 13.8. The van der Waals surface area contributed by atoms with E-state index in [0.29, 0.717) is 0 Å². The highest BCUT2D eigenvalue weighted by molar-refractivity contribution is 6.31. The van der Waals surface area contributed by atoms with Crippen LogP contribution in [0.25, 0.3) is 11.3 Å². The third-order valence-electron chi connectivity index (χ3n) is 5.36. The lowest BCUT2D eigenvalue weighted by Crippen LogP contribution is -2.46. The predicted molar refractivity (Wildman–Crippen MR) is 111 cm³/mol. The monoisotopic (exact) mass is 481 g/mol. The number of nitrogens with zero attached hydrogens (tertiary/aromatic N) is 3. The van der Waals surface area contributed by atoms with Gasteiger partial charge < -0.3 is 16.4 Å². The van der Waals surface area contributed by atoms with E-state index < -0.39 is 35.5 Å². The normalized spacial score (nSPS) is 15.9. The van der Waals surface area contributed by atoms with Gasteiger partial charge in [-0.3, -0.25) is 9.48 Å². The number of benzene rings is 2. The summed E-state index contributed by atoms with van der Waals surface area (Å²) in [5.74, 6) is -1.56. The van der Waals surface area contributed by atoms with Crippen LogP contribution in [0.3, 0.4) is 0 Å². The number of aromatic nitrogens is 2. The molecule has 0 saturated carbocycles. The molecule has 1 aliphatic rings. The molecule has 0 saturated heterocycles. The molecule has 3 amide bonds. The average Bonchev–Trinajstić information content (AvgIpc) is 3.12. The first kappa shape index (κ1) is 22.6. The molecule has 7 nitrogen and oxygen atoms in total. The summed E-state index contributed by atoms with van der Waals surface area (Å²) in [5, 5.41) is 4.27. The van der Waals surface area contributed by atoms with Gasteiger partial charge in [0.25, 0.3) is 5.91 Å². The molecule has 0 aliphatic carbocycles. The van der Waals surface area contributed by atoms with Crippen LogP contribution < -0.4 is 11.5 Å². The van der Waals surface area contributed by atoms with Crippen LogP contribution in [0.5, 0.6) is 0 Å². The Morgan fingerprint density at radius 3 is 2.42 bits per heavy atom. The largest absolute Gasteiger partial charge is 0.416 e. The van der Waals surface area contributed by atoms with E-state index in [1.54, 1.807) is 0 Å². The lowest BCUT2D eigenvalue weighted by molar-refractivity contribution is -0.137. The Balaban J connectivity index is 2.02. The van der Waals surface area contributed by atoms with E-state index in [9.17, 15) is 27.2 Å². The number of hydrogen-bond donors (Lipinski definition) is 2. The number of fused-ring (bicyclic) bond motifs is 1. The van der Waals surface area contributed by atoms with Crippen LogP contribution in [0.15, 0.2) is 42.5 Å². The Hall–Kier alpha value is -3.60. The van der Waals surface area contributed by atoms with Gasteiger partial charge in [0.05, 0.1) is 23.4 Å². The van der Waals surface area contributed by atoms with Crippen LogP contribution in [0, 0.1) is 5.82 Å². The van der Waals surface area contributed by atoms with Crippen LogP contribution in [0.1, 0.15) is 33.2 Å². The van der Waals surface area contributed by atoms with Gasteiger partial charge in [0.1, 0.15) is 17.6 Å². The van der Waals surface area contributed by atoms with E-state index in [-0.39, 0.29) is 46.2 Å². The van der Waals surface area contributed by atoms with Crippen molar-refractivity contribution in [1.82, 2.24) is 14.7 Å². The number of amides is 3. The zero-order valence-corrected chi connectivity index (χ0v) is 17.5. The van der Waals surface area contributed by atoms with E-state index >= 15 is 0 Å². The number of carbonyl (C=O) groups is 2. The second kappa shape index (κ2) is 8.07. The third-order valence-corrected chi connectivity index (χ3v) is 5.70. The summed E-state index contributed by atoms with van der Waals surface area (Å²) < 4.78 is 55.4. The Morgan fingerprint density at radius 2 is 1.82 bits per heavy atom. The molecule has 1 atom stereocenters. The molecule has 12 heteroatoms. The van der Waals surface area contributed by atoms with Crippen LogP contribution in [-0.4, -0.2) is 33.2 Å². The Morgan fingerprint density at radius 1 is 1.09 bits per heavy atom. The van der Waals surface area contributed by atoms with Gasteiger partial charge in [-0.2, -0.15) is 18.3 Å². The molecule has 1 aromatic heterocycles. The highest BCUT2D eigenvalue weighted by Gasteiger charge is 2.40. The number of carbonyl (C=O) groups excluding carboxylic acids is 2. The van der Waals surface area contributed by atoms with Crippen LogP contribution >= 0.6 is 11.6 Å². The second-order valence-electron chi connectivity index (χ2n) is 7.37. The molecule has 2 aromatic carbocycles. The Bertz CT molecular complexity index is 1270. The molecule has 1 aliphatic heterocycles. The van der Waals surface area contributed by atoms with Crippen molar-refractivity contribution in [1.29, 1.82) is 0 Å². The number of rotatable bonds is 3. The summed E-state index contributed by atoms with van der Waals surface area (Å²) in [7, 11) is 0. The van der Waals surface area contributed by atoms with Crippen molar-refractivity contribution < 1.29 is 27.2 Å².